The van der Waals surface area contributed by atoms with Gasteiger partial charge in [-0.25, -0.2) is 9.18 Å². The Kier molecular flexibility index (Phi) is 4.55. The first kappa shape index (κ1) is 17.2. The van der Waals surface area contributed by atoms with Gasteiger partial charge in [0.15, 0.2) is 0 Å². The van der Waals surface area contributed by atoms with Crippen LogP contribution in [0.3, 0.4) is 0 Å². The highest BCUT2D eigenvalue weighted by Crippen LogP contribution is 2.35. The third-order valence-corrected chi connectivity index (χ3v) is 4.83. The van der Waals surface area contributed by atoms with Gasteiger partial charge < -0.3 is 4.74 Å². The Morgan fingerprint density at radius 3 is 2.78 bits per heavy atom. The molecular formula is C23H18FNO2. The molecule has 27 heavy (non-hydrogen) atoms. The molecule has 0 bridgehead atoms. The minimum absolute atomic E-state index is 0.248. The SMILES string of the molecule is COC(=O)c1ccccc1/C=C1/c2ccc(F)cc2CCc2ncccc21. The minimum Gasteiger partial charge on any atom is -0.465 e. The van der Waals surface area contributed by atoms with Crippen molar-refractivity contribution in [2.45, 2.75) is 12.8 Å². The highest BCUT2D eigenvalue weighted by atomic mass is 19.1. The predicted molar refractivity (Wildman–Crippen MR) is 103 cm³/mol. The van der Waals surface area contributed by atoms with E-state index in [1.807, 2.05) is 30.3 Å². The topological polar surface area (TPSA) is 39.2 Å². The molecule has 0 aliphatic heterocycles. The fourth-order valence-corrected chi connectivity index (χ4v) is 3.54. The van der Waals surface area contributed by atoms with Crippen LogP contribution in [0.4, 0.5) is 4.39 Å². The van der Waals surface area contributed by atoms with E-state index in [9.17, 15) is 9.18 Å². The van der Waals surface area contributed by atoms with E-state index in [1.54, 1.807) is 30.5 Å². The van der Waals surface area contributed by atoms with Gasteiger partial charge in [0, 0.05) is 17.5 Å². The number of benzene rings is 2. The summed E-state index contributed by atoms with van der Waals surface area (Å²) < 4.78 is 18.7. The van der Waals surface area contributed by atoms with Gasteiger partial charge in [0.05, 0.1) is 12.7 Å². The monoisotopic (exact) mass is 359 g/mol. The average molecular weight is 359 g/mol. The van der Waals surface area contributed by atoms with Crippen LogP contribution in [-0.4, -0.2) is 18.1 Å². The second-order valence-corrected chi connectivity index (χ2v) is 6.44. The Morgan fingerprint density at radius 2 is 1.93 bits per heavy atom. The van der Waals surface area contributed by atoms with Gasteiger partial charge in [-0.15, -0.1) is 0 Å². The van der Waals surface area contributed by atoms with Crippen LogP contribution in [-0.2, 0) is 17.6 Å². The van der Waals surface area contributed by atoms with Crippen molar-refractivity contribution in [3.63, 3.8) is 0 Å². The molecule has 0 saturated heterocycles. The molecule has 0 N–H and O–H groups in total. The van der Waals surface area contributed by atoms with Crippen molar-refractivity contribution < 1.29 is 13.9 Å². The summed E-state index contributed by atoms with van der Waals surface area (Å²) in [6, 6.07) is 16.1. The zero-order valence-corrected chi connectivity index (χ0v) is 14.9. The van der Waals surface area contributed by atoms with E-state index in [0.29, 0.717) is 12.0 Å². The summed E-state index contributed by atoms with van der Waals surface area (Å²) in [4.78, 5) is 16.7. The number of fused-ring (bicyclic) bond motifs is 2. The molecule has 0 amide bonds. The number of methoxy groups -OCH3 is 1. The summed E-state index contributed by atoms with van der Waals surface area (Å²) in [5.41, 5.74) is 6.05. The number of aromatic nitrogens is 1. The van der Waals surface area contributed by atoms with Crippen LogP contribution in [0.2, 0.25) is 0 Å². The molecule has 3 nitrogen and oxygen atoms in total. The molecule has 1 aromatic heterocycles. The summed E-state index contributed by atoms with van der Waals surface area (Å²) in [5.74, 6) is -0.635. The standard InChI is InChI=1S/C23H18FNO2/c1-27-23(26)19-6-3-2-5-15(19)14-21-18-10-9-17(24)13-16(18)8-11-22-20(21)7-4-12-25-22/h2-7,9-10,12-14H,8,11H2,1H3/b21-14-. The number of pyridine rings is 1. The van der Waals surface area contributed by atoms with Gasteiger partial charge >= 0.3 is 5.97 Å². The van der Waals surface area contributed by atoms with Crippen LogP contribution in [0, 0.1) is 5.82 Å². The first-order chi connectivity index (χ1) is 13.2. The maximum Gasteiger partial charge on any atom is 0.338 e. The molecule has 0 spiro atoms. The Balaban J connectivity index is 1.97. The molecule has 0 unspecified atom stereocenters. The van der Waals surface area contributed by atoms with Gasteiger partial charge in [0.2, 0.25) is 0 Å². The Hall–Kier alpha value is -3.27. The van der Waals surface area contributed by atoms with Crippen molar-refractivity contribution in [3.05, 3.63) is 100 Å². The van der Waals surface area contributed by atoms with Gasteiger partial charge in [-0.3, -0.25) is 4.98 Å². The lowest BCUT2D eigenvalue weighted by atomic mass is 9.92. The third-order valence-electron chi connectivity index (χ3n) is 4.83. The van der Waals surface area contributed by atoms with Crippen molar-refractivity contribution in [1.82, 2.24) is 4.98 Å². The van der Waals surface area contributed by atoms with E-state index in [0.717, 1.165) is 39.9 Å². The summed E-state index contributed by atoms with van der Waals surface area (Å²) in [6.45, 7) is 0. The van der Waals surface area contributed by atoms with Gasteiger partial charge in [-0.05, 0) is 65.4 Å². The number of hydrogen-bond donors (Lipinski definition) is 0. The third kappa shape index (κ3) is 3.26. The van der Waals surface area contributed by atoms with Crippen LogP contribution >= 0.6 is 0 Å². The lowest BCUT2D eigenvalue weighted by Gasteiger charge is -2.13. The van der Waals surface area contributed by atoms with Gasteiger partial charge in [-0.2, -0.15) is 0 Å². The maximum atomic E-state index is 13.8. The van der Waals surface area contributed by atoms with Crippen LogP contribution in [0.1, 0.15) is 38.3 Å². The molecule has 134 valence electrons. The summed E-state index contributed by atoms with van der Waals surface area (Å²) in [5, 5.41) is 0. The number of rotatable bonds is 2. The second-order valence-electron chi connectivity index (χ2n) is 6.44. The minimum atomic E-state index is -0.387. The zero-order chi connectivity index (χ0) is 18.8. The number of halogens is 1. The van der Waals surface area contributed by atoms with Crippen molar-refractivity contribution in [2.75, 3.05) is 7.11 Å². The second kappa shape index (κ2) is 7.16. The molecule has 4 rings (SSSR count). The van der Waals surface area contributed by atoms with E-state index in [1.165, 1.54) is 13.2 Å². The predicted octanol–water partition coefficient (Wildman–Crippen LogP) is 4.69. The van der Waals surface area contributed by atoms with Crippen LogP contribution in [0.25, 0.3) is 11.6 Å². The van der Waals surface area contributed by atoms with Gasteiger partial charge in [-0.1, -0.05) is 30.3 Å². The highest BCUT2D eigenvalue weighted by molar-refractivity contribution is 5.99. The van der Waals surface area contributed by atoms with Gasteiger partial charge in [0.1, 0.15) is 5.82 Å². The van der Waals surface area contributed by atoms with E-state index in [2.05, 4.69) is 4.98 Å². The fraction of sp³-hybridized carbons (Fsp3) is 0.130. The first-order valence-corrected chi connectivity index (χ1v) is 8.79. The molecule has 1 aliphatic carbocycles. The van der Waals surface area contributed by atoms with Crippen LogP contribution in [0.5, 0.6) is 0 Å². The number of aryl methyl sites for hydroxylation is 2. The molecule has 0 saturated carbocycles. The summed E-state index contributed by atoms with van der Waals surface area (Å²) >= 11 is 0. The molecule has 1 aliphatic rings. The van der Waals surface area contributed by atoms with E-state index < -0.39 is 0 Å². The number of nitrogens with zero attached hydrogens (tertiary/aromatic N) is 1. The summed E-state index contributed by atoms with van der Waals surface area (Å²) in [6.07, 6.45) is 5.19. The number of ether oxygens (including phenoxy) is 1. The van der Waals surface area contributed by atoms with Gasteiger partial charge in [0.25, 0.3) is 0 Å². The lowest BCUT2D eigenvalue weighted by Crippen LogP contribution is -2.04. The van der Waals surface area contributed by atoms with E-state index in [4.69, 9.17) is 4.74 Å². The largest absolute Gasteiger partial charge is 0.465 e. The van der Waals surface area contributed by atoms with Crippen LogP contribution in [0.15, 0.2) is 60.8 Å². The molecular weight excluding hydrogens is 341 g/mol. The van der Waals surface area contributed by atoms with E-state index in [-0.39, 0.29) is 11.8 Å². The van der Waals surface area contributed by atoms with Crippen LogP contribution < -0.4 is 0 Å². The van der Waals surface area contributed by atoms with Crippen molar-refractivity contribution in [1.29, 1.82) is 0 Å². The Labute approximate surface area is 157 Å². The average Bonchev–Trinajstić information content (AvgIpc) is 2.85. The molecule has 3 aromatic rings. The number of carbonyl (C=O) groups excluding carboxylic acids is 1. The summed E-state index contributed by atoms with van der Waals surface area (Å²) in [7, 11) is 1.37. The molecule has 0 fully saturated rings. The Bertz CT molecular complexity index is 1060. The molecule has 4 heteroatoms. The molecule has 1 heterocycles. The maximum absolute atomic E-state index is 13.8. The highest BCUT2D eigenvalue weighted by Gasteiger charge is 2.20. The van der Waals surface area contributed by atoms with Crippen molar-refractivity contribution in [2.24, 2.45) is 0 Å². The normalized spacial score (nSPS) is 14.2. The molecule has 0 atom stereocenters. The lowest BCUT2D eigenvalue weighted by molar-refractivity contribution is 0.0600. The van der Waals surface area contributed by atoms with Crippen molar-refractivity contribution >= 4 is 17.6 Å². The molecule has 2 aromatic carbocycles. The number of carbonyl (C=O) groups is 1. The number of esters is 1. The van der Waals surface area contributed by atoms with E-state index >= 15 is 0 Å². The fourth-order valence-electron chi connectivity index (χ4n) is 3.54. The van der Waals surface area contributed by atoms with Crippen molar-refractivity contribution in [3.8, 4) is 0 Å². The zero-order valence-electron chi connectivity index (χ0n) is 14.9. The molecule has 0 radical (unpaired) electrons. The quantitative estimate of drug-likeness (QED) is 0.623. The Morgan fingerprint density at radius 1 is 1.07 bits per heavy atom. The first-order valence-electron chi connectivity index (χ1n) is 8.79. The number of hydrogen-bond acceptors (Lipinski definition) is 3. The smallest absolute Gasteiger partial charge is 0.338 e.